The lowest BCUT2D eigenvalue weighted by atomic mass is 9.95. The molecule has 1 aliphatic heterocycles. The molecule has 172 valence electrons. The number of hydrogen-bond donors (Lipinski definition) is 1. The third kappa shape index (κ3) is 5.00. The normalized spacial score (nSPS) is 14.8. The number of benzene rings is 1. The Morgan fingerprint density at radius 2 is 1.76 bits per heavy atom. The Labute approximate surface area is 191 Å². The van der Waals surface area contributed by atoms with Crippen LogP contribution >= 0.6 is 11.6 Å². The standard InChI is InChI=1S/C22H19ClF3N5O2/c23-19-17(13-28-31(21(19)33)18-7-6-15(12-27-18)22(24,25)26)30-10-8-14(9-11-30)20(32)29-16-4-2-1-3-5-16/h1-7,12-14H,8-11H2,(H,29,32). The maximum Gasteiger partial charge on any atom is 0.417 e. The molecular formula is C22H19ClF3N5O2. The van der Waals surface area contributed by atoms with Crippen LogP contribution in [-0.2, 0) is 11.0 Å². The summed E-state index contributed by atoms with van der Waals surface area (Å²) >= 11 is 6.29. The fraction of sp³-hybridized carbons (Fsp3) is 0.273. The topological polar surface area (TPSA) is 80.1 Å². The quantitative estimate of drug-likeness (QED) is 0.610. The van der Waals surface area contributed by atoms with Crippen LogP contribution in [0.5, 0.6) is 0 Å². The molecule has 1 fully saturated rings. The van der Waals surface area contributed by atoms with E-state index in [4.69, 9.17) is 11.6 Å². The molecular weight excluding hydrogens is 459 g/mol. The molecule has 1 amide bonds. The monoisotopic (exact) mass is 477 g/mol. The fourth-order valence-electron chi connectivity index (χ4n) is 3.64. The summed E-state index contributed by atoms with van der Waals surface area (Å²) in [5.41, 5.74) is -0.476. The first kappa shape index (κ1) is 22.8. The lowest BCUT2D eigenvalue weighted by molar-refractivity contribution is -0.137. The van der Waals surface area contributed by atoms with Crippen molar-refractivity contribution in [3.05, 3.63) is 75.8 Å². The molecule has 0 atom stereocenters. The largest absolute Gasteiger partial charge is 0.417 e. The average molecular weight is 478 g/mol. The van der Waals surface area contributed by atoms with Crippen molar-refractivity contribution in [2.75, 3.05) is 23.3 Å². The Balaban J connectivity index is 1.45. The Hall–Kier alpha value is -3.40. The molecule has 3 heterocycles. The van der Waals surface area contributed by atoms with Gasteiger partial charge in [0.2, 0.25) is 5.91 Å². The van der Waals surface area contributed by atoms with E-state index in [2.05, 4.69) is 15.4 Å². The second-order valence-electron chi connectivity index (χ2n) is 7.58. The minimum Gasteiger partial charge on any atom is -0.369 e. The molecule has 1 aromatic carbocycles. The van der Waals surface area contributed by atoms with E-state index in [1.165, 1.54) is 6.20 Å². The van der Waals surface area contributed by atoms with Crippen LogP contribution in [0.3, 0.4) is 0 Å². The second-order valence-corrected chi connectivity index (χ2v) is 7.96. The van der Waals surface area contributed by atoms with E-state index in [9.17, 15) is 22.8 Å². The molecule has 4 rings (SSSR count). The first-order valence-electron chi connectivity index (χ1n) is 10.2. The van der Waals surface area contributed by atoms with Gasteiger partial charge in [-0.2, -0.15) is 23.0 Å². The molecule has 7 nitrogen and oxygen atoms in total. The molecule has 1 aliphatic rings. The molecule has 33 heavy (non-hydrogen) atoms. The number of halogens is 4. The predicted molar refractivity (Wildman–Crippen MR) is 118 cm³/mol. The highest BCUT2D eigenvalue weighted by molar-refractivity contribution is 6.33. The molecule has 0 saturated carbocycles. The summed E-state index contributed by atoms with van der Waals surface area (Å²) in [5, 5.41) is 6.83. The molecule has 0 radical (unpaired) electrons. The van der Waals surface area contributed by atoms with Gasteiger partial charge >= 0.3 is 6.18 Å². The molecule has 1 N–H and O–H groups in total. The number of amides is 1. The van der Waals surface area contributed by atoms with Gasteiger partial charge in [-0.25, -0.2) is 4.98 Å². The van der Waals surface area contributed by atoms with Crippen LogP contribution in [-0.4, -0.2) is 33.8 Å². The van der Waals surface area contributed by atoms with Crippen LogP contribution < -0.4 is 15.8 Å². The predicted octanol–water partition coefficient (Wildman–Crippen LogP) is 4.15. The molecule has 0 bridgehead atoms. The van der Waals surface area contributed by atoms with Crippen molar-refractivity contribution in [2.45, 2.75) is 19.0 Å². The van der Waals surface area contributed by atoms with Gasteiger partial charge in [-0.3, -0.25) is 9.59 Å². The molecule has 0 aliphatic carbocycles. The van der Waals surface area contributed by atoms with Gasteiger partial charge in [-0.05, 0) is 37.1 Å². The number of piperidine rings is 1. The van der Waals surface area contributed by atoms with Gasteiger partial charge in [0.05, 0.1) is 17.4 Å². The molecule has 2 aromatic heterocycles. The highest BCUT2D eigenvalue weighted by atomic mass is 35.5. The second kappa shape index (κ2) is 9.22. The molecule has 1 saturated heterocycles. The van der Waals surface area contributed by atoms with E-state index < -0.39 is 17.3 Å². The van der Waals surface area contributed by atoms with E-state index >= 15 is 0 Å². The van der Waals surface area contributed by atoms with Gasteiger partial charge in [0.15, 0.2) is 5.82 Å². The van der Waals surface area contributed by atoms with Crippen molar-refractivity contribution in [1.82, 2.24) is 14.8 Å². The van der Waals surface area contributed by atoms with Crippen molar-refractivity contribution in [3.63, 3.8) is 0 Å². The average Bonchev–Trinajstić information content (AvgIpc) is 2.81. The third-order valence-corrected chi connectivity index (χ3v) is 5.80. The van der Waals surface area contributed by atoms with Crippen LogP contribution in [0.4, 0.5) is 24.5 Å². The van der Waals surface area contributed by atoms with Gasteiger partial charge in [-0.15, -0.1) is 0 Å². The van der Waals surface area contributed by atoms with Crippen molar-refractivity contribution in [3.8, 4) is 5.82 Å². The number of rotatable bonds is 4. The van der Waals surface area contributed by atoms with E-state index in [1.807, 2.05) is 35.2 Å². The third-order valence-electron chi connectivity index (χ3n) is 5.44. The Bertz CT molecular complexity index is 1190. The number of para-hydroxylation sites is 1. The van der Waals surface area contributed by atoms with Crippen LogP contribution in [0.15, 0.2) is 59.7 Å². The Morgan fingerprint density at radius 3 is 2.36 bits per heavy atom. The summed E-state index contributed by atoms with van der Waals surface area (Å²) in [6.07, 6.45) is -1.38. The molecule has 11 heteroatoms. The van der Waals surface area contributed by atoms with Gasteiger partial charge in [0.25, 0.3) is 5.56 Å². The summed E-state index contributed by atoms with van der Waals surface area (Å²) in [5.74, 6) is -0.309. The summed E-state index contributed by atoms with van der Waals surface area (Å²) in [6.45, 7) is 0.993. The SMILES string of the molecule is O=C(Nc1ccccc1)C1CCN(c2cnn(-c3ccc(C(F)(F)F)cn3)c(=O)c2Cl)CC1. The zero-order valence-corrected chi connectivity index (χ0v) is 18.0. The van der Waals surface area contributed by atoms with Crippen LogP contribution in [0, 0.1) is 5.92 Å². The van der Waals surface area contributed by atoms with E-state index in [0.29, 0.717) is 37.8 Å². The van der Waals surface area contributed by atoms with Crippen LogP contribution in [0.1, 0.15) is 18.4 Å². The van der Waals surface area contributed by atoms with Gasteiger partial charge in [0, 0.05) is 30.9 Å². The Kier molecular flexibility index (Phi) is 6.37. The van der Waals surface area contributed by atoms with Gasteiger partial charge in [0.1, 0.15) is 5.02 Å². The van der Waals surface area contributed by atoms with E-state index in [0.717, 1.165) is 22.5 Å². The zero-order valence-electron chi connectivity index (χ0n) is 17.2. The Morgan fingerprint density at radius 1 is 1.06 bits per heavy atom. The first-order chi connectivity index (χ1) is 15.7. The summed E-state index contributed by atoms with van der Waals surface area (Å²) in [7, 11) is 0. The van der Waals surface area contributed by atoms with Crippen molar-refractivity contribution < 1.29 is 18.0 Å². The van der Waals surface area contributed by atoms with Crippen LogP contribution in [0.2, 0.25) is 5.02 Å². The number of pyridine rings is 1. The number of carbonyl (C=O) groups excluding carboxylic acids is 1. The summed E-state index contributed by atoms with van der Waals surface area (Å²) in [4.78, 5) is 30.8. The first-order valence-corrected chi connectivity index (χ1v) is 10.5. The minimum absolute atomic E-state index is 0.0612. The van der Waals surface area contributed by atoms with Crippen LogP contribution in [0.25, 0.3) is 5.82 Å². The molecule has 3 aromatic rings. The number of alkyl halides is 3. The summed E-state index contributed by atoms with van der Waals surface area (Å²) < 4.78 is 39.1. The number of hydrogen-bond acceptors (Lipinski definition) is 5. The number of nitrogens with one attached hydrogen (secondary N) is 1. The smallest absolute Gasteiger partial charge is 0.369 e. The maximum absolute atomic E-state index is 12.7. The minimum atomic E-state index is -4.53. The fourth-order valence-corrected chi connectivity index (χ4v) is 3.88. The molecule has 0 unspecified atom stereocenters. The van der Waals surface area contributed by atoms with E-state index in [1.54, 1.807) is 0 Å². The van der Waals surface area contributed by atoms with Crippen molar-refractivity contribution >= 4 is 28.9 Å². The highest BCUT2D eigenvalue weighted by Crippen LogP contribution is 2.30. The highest BCUT2D eigenvalue weighted by Gasteiger charge is 2.31. The lowest BCUT2D eigenvalue weighted by Gasteiger charge is -2.33. The van der Waals surface area contributed by atoms with Crippen molar-refractivity contribution in [2.24, 2.45) is 5.92 Å². The summed E-state index contributed by atoms with van der Waals surface area (Å²) in [6, 6.07) is 11.1. The number of aromatic nitrogens is 3. The number of carbonyl (C=O) groups is 1. The van der Waals surface area contributed by atoms with E-state index in [-0.39, 0.29) is 22.7 Å². The zero-order chi connectivity index (χ0) is 23.6. The van der Waals surface area contributed by atoms with Gasteiger partial charge < -0.3 is 10.2 Å². The van der Waals surface area contributed by atoms with Crippen molar-refractivity contribution in [1.29, 1.82) is 0 Å². The lowest BCUT2D eigenvalue weighted by Crippen LogP contribution is -2.39. The maximum atomic E-state index is 12.7. The van der Waals surface area contributed by atoms with Gasteiger partial charge in [-0.1, -0.05) is 29.8 Å². The number of nitrogens with zero attached hydrogens (tertiary/aromatic N) is 4. The molecule has 0 spiro atoms. The number of anilines is 2.